The Morgan fingerprint density at radius 1 is 1.52 bits per heavy atom. The van der Waals surface area contributed by atoms with Gasteiger partial charge in [-0.2, -0.15) is 16.7 Å². The summed E-state index contributed by atoms with van der Waals surface area (Å²) in [6, 6.07) is 0. The molecule has 0 aliphatic carbocycles. The van der Waals surface area contributed by atoms with Gasteiger partial charge in [0, 0.05) is 50.5 Å². The number of aryl methyl sites for hydroxylation is 1. The number of nitrogens with one attached hydrogen (secondary N) is 1. The molecule has 2 rings (SSSR count). The fourth-order valence-corrected chi connectivity index (χ4v) is 3.49. The van der Waals surface area contributed by atoms with Crippen LogP contribution in [-0.2, 0) is 12.8 Å². The summed E-state index contributed by atoms with van der Waals surface area (Å²) in [4.78, 5) is 11.1. The molecule has 7 heteroatoms. The Bertz CT molecular complexity index is 462. The Labute approximate surface area is 130 Å². The van der Waals surface area contributed by atoms with E-state index in [1.165, 1.54) is 12.2 Å². The molecule has 0 bridgehead atoms. The molecule has 2 heterocycles. The van der Waals surface area contributed by atoms with Crippen molar-refractivity contribution in [3.8, 4) is 0 Å². The van der Waals surface area contributed by atoms with Gasteiger partial charge < -0.3 is 14.7 Å². The van der Waals surface area contributed by atoms with Crippen molar-refractivity contribution >= 4 is 17.7 Å². The molecule has 1 unspecified atom stereocenters. The van der Waals surface area contributed by atoms with E-state index < -0.39 is 0 Å². The Balaban J connectivity index is 1.79. The van der Waals surface area contributed by atoms with Crippen molar-refractivity contribution in [1.82, 2.24) is 20.4 Å². The lowest BCUT2D eigenvalue weighted by atomic mass is 10.3. The van der Waals surface area contributed by atoms with E-state index in [-0.39, 0.29) is 0 Å². The Kier molecular flexibility index (Phi) is 6.35. The van der Waals surface area contributed by atoms with Crippen LogP contribution in [0.3, 0.4) is 0 Å². The van der Waals surface area contributed by atoms with E-state index in [0.29, 0.717) is 11.1 Å². The Morgan fingerprint density at radius 2 is 2.38 bits per heavy atom. The van der Waals surface area contributed by atoms with Crippen molar-refractivity contribution in [2.75, 3.05) is 32.4 Å². The van der Waals surface area contributed by atoms with Gasteiger partial charge in [0.1, 0.15) is 0 Å². The smallest absolute Gasteiger partial charge is 0.226 e. The van der Waals surface area contributed by atoms with Gasteiger partial charge in [-0.25, -0.2) is 0 Å². The zero-order valence-corrected chi connectivity index (χ0v) is 13.9. The van der Waals surface area contributed by atoms with E-state index in [9.17, 15) is 0 Å². The maximum absolute atomic E-state index is 5.11. The molecule has 1 aliphatic heterocycles. The van der Waals surface area contributed by atoms with Gasteiger partial charge in [-0.3, -0.25) is 4.99 Å². The normalized spacial score (nSPS) is 19.9. The second-order valence-corrected chi connectivity index (χ2v) is 6.44. The van der Waals surface area contributed by atoms with Crippen molar-refractivity contribution in [3.63, 3.8) is 0 Å². The van der Waals surface area contributed by atoms with Crippen LogP contribution in [0.1, 0.15) is 32.0 Å². The maximum atomic E-state index is 5.11. The van der Waals surface area contributed by atoms with Gasteiger partial charge in [0.15, 0.2) is 11.8 Å². The van der Waals surface area contributed by atoms with E-state index in [1.54, 1.807) is 0 Å². The minimum atomic E-state index is 0.702. The van der Waals surface area contributed by atoms with Gasteiger partial charge in [0.25, 0.3) is 0 Å². The van der Waals surface area contributed by atoms with Crippen molar-refractivity contribution < 1.29 is 4.52 Å². The molecular formula is C14H25N5OS. The minimum absolute atomic E-state index is 0.702. The minimum Gasteiger partial charge on any atom is -0.356 e. The number of guanidine groups is 1. The molecule has 0 saturated carbocycles. The van der Waals surface area contributed by atoms with Gasteiger partial charge in [0.2, 0.25) is 5.89 Å². The highest BCUT2D eigenvalue weighted by Crippen LogP contribution is 2.20. The number of hydrogen-bond acceptors (Lipinski definition) is 5. The highest BCUT2D eigenvalue weighted by molar-refractivity contribution is 8.00. The molecule has 118 valence electrons. The molecule has 6 nitrogen and oxygen atoms in total. The van der Waals surface area contributed by atoms with E-state index in [0.717, 1.165) is 44.3 Å². The van der Waals surface area contributed by atoms with Crippen molar-refractivity contribution in [1.29, 1.82) is 0 Å². The second-order valence-electron chi connectivity index (χ2n) is 5.03. The first kappa shape index (κ1) is 16.1. The molecule has 0 amide bonds. The predicted octanol–water partition coefficient (Wildman–Crippen LogP) is 1.58. The molecule has 0 spiro atoms. The third kappa shape index (κ3) is 4.62. The summed E-state index contributed by atoms with van der Waals surface area (Å²) in [5.41, 5.74) is 0. The zero-order chi connectivity index (χ0) is 15.1. The fourth-order valence-electron chi connectivity index (χ4n) is 2.31. The lowest BCUT2D eigenvalue weighted by Crippen LogP contribution is -2.48. The van der Waals surface area contributed by atoms with E-state index in [2.05, 4.69) is 44.0 Å². The Hall–Kier alpha value is -1.24. The average Bonchev–Trinajstić information content (AvgIpc) is 2.99. The molecule has 1 fully saturated rings. The van der Waals surface area contributed by atoms with Gasteiger partial charge in [0.05, 0.1) is 0 Å². The van der Waals surface area contributed by atoms with E-state index in [1.807, 2.05) is 14.0 Å². The number of rotatable bonds is 5. The number of nitrogens with zero attached hydrogens (tertiary/aromatic N) is 4. The van der Waals surface area contributed by atoms with Gasteiger partial charge >= 0.3 is 0 Å². The van der Waals surface area contributed by atoms with Crippen LogP contribution >= 0.6 is 11.8 Å². The third-order valence-electron chi connectivity index (χ3n) is 3.55. The summed E-state index contributed by atoms with van der Waals surface area (Å²) < 4.78 is 5.11. The van der Waals surface area contributed by atoms with E-state index in [4.69, 9.17) is 4.52 Å². The van der Waals surface area contributed by atoms with Crippen LogP contribution in [0.25, 0.3) is 0 Å². The Morgan fingerprint density at radius 3 is 3.05 bits per heavy atom. The van der Waals surface area contributed by atoms with Gasteiger partial charge in [-0.1, -0.05) is 19.0 Å². The molecule has 1 aromatic heterocycles. The number of aromatic nitrogens is 2. The molecule has 1 aliphatic rings. The van der Waals surface area contributed by atoms with Crippen LogP contribution in [0.4, 0.5) is 0 Å². The first-order valence-electron chi connectivity index (χ1n) is 7.65. The fraction of sp³-hybridized carbons (Fsp3) is 0.786. The lowest BCUT2D eigenvalue weighted by molar-refractivity contribution is 0.376. The van der Waals surface area contributed by atoms with Gasteiger partial charge in [-0.15, -0.1) is 0 Å². The second kappa shape index (κ2) is 8.26. The molecule has 1 N–H and O–H groups in total. The summed E-state index contributed by atoms with van der Waals surface area (Å²) in [5.74, 6) is 3.61. The quantitative estimate of drug-likeness (QED) is 0.658. The van der Waals surface area contributed by atoms with Crippen LogP contribution in [-0.4, -0.2) is 58.7 Å². The highest BCUT2D eigenvalue weighted by Gasteiger charge is 2.21. The van der Waals surface area contributed by atoms with Gasteiger partial charge in [-0.05, 0) is 6.42 Å². The monoisotopic (exact) mass is 311 g/mol. The highest BCUT2D eigenvalue weighted by atomic mass is 32.2. The molecule has 0 radical (unpaired) electrons. The predicted molar refractivity (Wildman–Crippen MR) is 86.9 cm³/mol. The third-order valence-corrected chi connectivity index (χ3v) is 4.92. The lowest BCUT2D eigenvalue weighted by Gasteiger charge is -2.34. The summed E-state index contributed by atoms with van der Waals surface area (Å²) in [6.07, 6.45) is 2.75. The number of aliphatic imine (C=N–C) groups is 1. The molecular weight excluding hydrogens is 286 g/mol. The van der Waals surface area contributed by atoms with Crippen LogP contribution in [0.5, 0.6) is 0 Å². The first-order chi connectivity index (χ1) is 10.3. The summed E-state index contributed by atoms with van der Waals surface area (Å²) in [7, 11) is 1.84. The molecule has 21 heavy (non-hydrogen) atoms. The van der Waals surface area contributed by atoms with Crippen LogP contribution in [0, 0.1) is 0 Å². The van der Waals surface area contributed by atoms with Crippen LogP contribution < -0.4 is 5.32 Å². The van der Waals surface area contributed by atoms with E-state index >= 15 is 0 Å². The van der Waals surface area contributed by atoms with Crippen molar-refractivity contribution in [3.05, 3.63) is 11.7 Å². The molecule has 1 saturated heterocycles. The SMILES string of the molecule is CCc1nc(CCNC(=NC)N2CCSC(CC)C2)no1. The topological polar surface area (TPSA) is 66.6 Å². The largest absolute Gasteiger partial charge is 0.356 e. The van der Waals surface area contributed by atoms with Crippen molar-refractivity contribution in [2.45, 2.75) is 38.4 Å². The molecule has 0 aromatic carbocycles. The molecule has 1 aromatic rings. The van der Waals surface area contributed by atoms with Crippen molar-refractivity contribution in [2.24, 2.45) is 4.99 Å². The average molecular weight is 311 g/mol. The van der Waals surface area contributed by atoms with Crippen LogP contribution in [0.2, 0.25) is 0 Å². The van der Waals surface area contributed by atoms with Crippen LogP contribution in [0.15, 0.2) is 9.52 Å². The summed E-state index contributed by atoms with van der Waals surface area (Å²) >= 11 is 2.06. The summed E-state index contributed by atoms with van der Waals surface area (Å²) in [5, 5.41) is 8.08. The summed E-state index contributed by atoms with van der Waals surface area (Å²) in [6.45, 7) is 7.16. The molecule has 1 atom stereocenters. The number of thioether (sulfide) groups is 1. The zero-order valence-electron chi connectivity index (χ0n) is 13.1. The standard InChI is InChI=1S/C14H25N5OS/c1-4-11-10-19(8-9-21-11)14(15-3)16-7-6-12-17-13(5-2)20-18-12/h11H,4-10H2,1-3H3,(H,15,16). The number of hydrogen-bond donors (Lipinski definition) is 1. The first-order valence-corrected chi connectivity index (χ1v) is 8.70. The maximum Gasteiger partial charge on any atom is 0.226 e.